The normalized spacial score (nSPS) is 22.7. The van der Waals surface area contributed by atoms with E-state index in [1.807, 2.05) is 24.4 Å². The molecule has 1 aromatic carbocycles. The number of hydrogen-bond acceptors (Lipinski definition) is 7. The van der Waals surface area contributed by atoms with Crippen molar-refractivity contribution in [3.8, 4) is 11.3 Å². The van der Waals surface area contributed by atoms with Gasteiger partial charge in [-0.25, -0.2) is 0 Å². The van der Waals surface area contributed by atoms with Gasteiger partial charge in [-0.3, -0.25) is 39.1 Å². The third-order valence-corrected chi connectivity index (χ3v) is 7.71. The van der Waals surface area contributed by atoms with E-state index >= 15 is 0 Å². The fraction of sp³-hybridized carbons (Fsp3) is 0.357. The summed E-state index contributed by atoms with van der Waals surface area (Å²) in [5, 5.41) is 10.1. The Morgan fingerprint density at radius 2 is 1.87 bits per heavy atom. The summed E-state index contributed by atoms with van der Waals surface area (Å²) in [5.74, 6) is -1.31. The smallest absolute Gasteiger partial charge is 0.262 e. The highest BCUT2D eigenvalue weighted by Gasteiger charge is 2.44. The minimum absolute atomic E-state index is 0.104. The lowest BCUT2D eigenvalue weighted by molar-refractivity contribution is -0.136. The molecule has 3 aliphatic rings. The number of anilines is 1. The van der Waals surface area contributed by atoms with Crippen molar-refractivity contribution >= 4 is 29.3 Å². The molecule has 4 amide bonds. The van der Waals surface area contributed by atoms with Crippen molar-refractivity contribution in [1.29, 1.82) is 0 Å². The summed E-state index contributed by atoms with van der Waals surface area (Å²) < 4.78 is 2.06. The van der Waals surface area contributed by atoms with Crippen LogP contribution in [0.5, 0.6) is 0 Å². The van der Waals surface area contributed by atoms with E-state index in [0.29, 0.717) is 12.0 Å². The van der Waals surface area contributed by atoms with Gasteiger partial charge in [-0.05, 0) is 68.4 Å². The van der Waals surface area contributed by atoms with Crippen molar-refractivity contribution in [2.45, 2.75) is 50.6 Å². The molecule has 2 aromatic heterocycles. The van der Waals surface area contributed by atoms with Crippen LogP contribution < -0.4 is 10.6 Å². The van der Waals surface area contributed by atoms with E-state index in [1.165, 1.54) is 0 Å². The first-order valence-corrected chi connectivity index (χ1v) is 13.0. The van der Waals surface area contributed by atoms with Gasteiger partial charge < -0.3 is 5.32 Å². The molecule has 194 valence electrons. The Bertz CT molecular complexity index is 1410. The SMILES string of the molecule is O=C1CCC(N2C(=O)c3ccc(NCCCC4CC(n5cc(-c6ccccn6)cn5)C4)cc3C2=O)C(=O)N1. The van der Waals surface area contributed by atoms with Crippen LogP contribution in [-0.4, -0.2) is 55.9 Å². The zero-order valence-corrected chi connectivity index (χ0v) is 20.8. The fourth-order valence-corrected chi connectivity index (χ4v) is 5.56. The van der Waals surface area contributed by atoms with Gasteiger partial charge in [0.2, 0.25) is 11.8 Å². The molecule has 1 saturated heterocycles. The zero-order chi connectivity index (χ0) is 26.2. The van der Waals surface area contributed by atoms with Crippen LogP contribution in [0.25, 0.3) is 11.3 Å². The van der Waals surface area contributed by atoms with Gasteiger partial charge in [-0.2, -0.15) is 5.10 Å². The Morgan fingerprint density at radius 3 is 2.66 bits per heavy atom. The van der Waals surface area contributed by atoms with E-state index in [1.54, 1.807) is 24.4 Å². The van der Waals surface area contributed by atoms with Crippen LogP contribution in [0, 0.1) is 5.92 Å². The van der Waals surface area contributed by atoms with Crippen molar-refractivity contribution in [1.82, 2.24) is 25.0 Å². The van der Waals surface area contributed by atoms with Gasteiger partial charge in [0.15, 0.2) is 0 Å². The van der Waals surface area contributed by atoms with E-state index < -0.39 is 23.8 Å². The lowest BCUT2D eigenvalue weighted by atomic mass is 9.77. The average Bonchev–Trinajstić information content (AvgIpc) is 3.47. The van der Waals surface area contributed by atoms with Crippen LogP contribution in [0.15, 0.2) is 55.0 Å². The summed E-state index contributed by atoms with van der Waals surface area (Å²) in [6.07, 6.45) is 10.3. The summed E-state index contributed by atoms with van der Waals surface area (Å²) in [5.41, 5.74) is 3.31. The Balaban J connectivity index is 0.976. The number of nitrogens with zero attached hydrogens (tertiary/aromatic N) is 4. The first-order valence-electron chi connectivity index (χ1n) is 13.0. The number of benzene rings is 1. The zero-order valence-electron chi connectivity index (χ0n) is 20.8. The number of hydrogen-bond donors (Lipinski definition) is 2. The molecule has 6 rings (SSSR count). The molecule has 2 fully saturated rings. The van der Waals surface area contributed by atoms with Crippen LogP contribution in [0.2, 0.25) is 0 Å². The number of fused-ring (bicyclic) bond motifs is 1. The van der Waals surface area contributed by atoms with Crippen molar-refractivity contribution in [2.24, 2.45) is 5.92 Å². The molecule has 0 bridgehead atoms. The molecule has 10 heteroatoms. The molecule has 1 saturated carbocycles. The highest BCUT2D eigenvalue weighted by Crippen LogP contribution is 2.40. The predicted molar refractivity (Wildman–Crippen MR) is 138 cm³/mol. The maximum atomic E-state index is 13.0. The second-order valence-electron chi connectivity index (χ2n) is 10.2. The number of carbonyl (C=O) groups is 4. The Hall–Kier alpha value is -4.34. The standard InChI is InChI=1S/C28H28N6O4/c35-25-9-8-24(26(36)32-25)34-27(37)21-7-6-19(14-22(21)28(34)38)29-11-3-4-17-12-20(13-17)33-16-18(15-31-33)23-5-1-2-10-30-23/h1-2,5-7,10,14-17,20,24,29H,3-4,8-9,11-13H2,(H,32,35,36). The number of amides is 4. The Kier molecular flexibility index (Phi) is 6.22. The number of piperidine rings is 1. The van der Waals surface area contributed by atoms with Gasteiger partial charge in [0.25, 0.3) is 11.8 Å². The van der Waals surface area contributed by atoms with Gasteiger partial charge in [0.1, 0.15) is 6.04 Å². The first kappa shape index (κ1) is 24.0. The second kappa shape index (κ2) is 9.85. The van der Waals surface area contributed by atoms with Crippen molar-refractivity contribution in [3.63, 3.8) is 0 Å². The monoisotopic (exact) mass is 512 g/mol. The number of carbonyl (C=O) groups excluding carboxylic acids is 4. The number of imide groups is 2. The van der Waals surface area contributed by atoms with Crippen LogP contribution in [-0.2, 0) is 9.59 Å². The molecule has 2 aliphatic heterocycles. The van der Waals surface area contributed by atoms with Gasteiger partial charge in [0.05, 0.1) is 29.1 Å². The quantitative estimate of drug-likeness (QED) is 0.351. The van der Waals surface area contributed by atoms with Gasteiger partial charge in [0, 0.05) is 36.6 Å². The molecule has 4 heterocycles. The molecule has 1 aliphatic carbocycles. The lowest BCUT2D eigenvalue weighted by Crippen LogP contribution is -2.54. The molecule has 2 N–H and O–H groups in total. The second-order valence-corrected chi connectivity index (χ2v) is 10.2. The largest absolute Gasteiger partial charge is 0.385 e. The number of rotatable bonds is 8. The highest BCUT2D eigenvalue weighted by atomic mass is 16.2. The minimum atomic E-state index is -0.953. The first-order chi connectivity index (χ1) is 18.5. The molecule has 1 atom stereocenters. The summed E-state index contributed by atoms with van der Waals surface area (Å²) in [6, 6.07) is 10.4. The van der Waals surface area contributed by atoms with E-state index in [2.05, 4.69) is 31.6 Å². The van der Waals surface area contributed by atoms with Gasteiger partial charge in [-0.15, -0.1) is 0 Å². The lowest BCUT2D eigenvalue weighted by Gasteiger charge is -2.35. The van der Waals surface area contributed by atoms with E-state index in [4.69, 9.17) is 0 Å². The van der Waals surface area contributed by atoms with Crippen LogP contribution in [0.4, 0.5) is 5.69 Å². The third kappa shape index (κ3) is 4.46. The minimum Gasteiger partial charge on any atom is -0.385 e. The van der Waals surface area contributed by atoms with Gasteiger partial charge >= 0.3 is 0 Å². The van der Waals surface area contributed by atoms with E-state index in [9.17, 15) is 19.2 Å². The summed E-state index contributed by atoms with van der Waals surface area (Å²) in [4.78, 5) is 54.9. The number of aromatic nitrogens is 3. The maximum Gasteiger partial charge on any atom is 0.262 e. The predicted octanol–water partition coefficient (Wildman–Crippen LogP) is 3.19. The molecule has 0 spiro atoms. The molecule has 3 aromatic rings. The summed E-state index contributed by atoms with van der Waals surface area (Å²) >= 11 is 0. The van der Waals surface area contributed by atoms with Crippen LogP contribution >= 0.6 is 0 Å². The van der Waals surface area contributed by atoms with E-state index in [-0.39, 0.29) is 29.9 Å². The van der Waals surface area contributed by atoms with E-state index in [0.717, 1.165) is 54.1 Å². The molecular formula is C28H28N6O4. The number of pyridine rings is 1. The summed E-state index contributed by atoms with van der Waals surface area (Å²) in [7, 11) is 0. The third-order valence-electron chi connectivity index (χ3n) is 7.71. The molecule has 1 unspecified atom stereocenters. The average molecular weight is 513 g/mol. The molecular weight excluding hydrogens is 484 g/mol. The maximum absolute atomic E-state index is 13.0. The fourth-order valence-electron chi connectivity index (χ4n) is 5.56. The van der Waals surface area contributed by atoms with Gasteiger partial charge in [-0.1, -0.05) is 6.07 Å². The van der Waals surface area contributed by atoms with Crippen molar-refractivity contribution < 1.29 is 19.2 Å². The molecule has 0 radical (unpaired) electrons. The Labute approximate surface area is 219 Å². The Morgan fingerprint density at radius 1 is 1.03 bits per heavy atom. The molecule has 10 nitrogen and oxygen atoms in total. The van der Waals surface area contributed by atoms with Crippen LogP contribution in [0.3, 0.4) is 0 Å². The van der Waals surface area contributed by atoms with Crippen molar-refractivity contribution in [2.75, 3.05) is 11.9 Å². The highest BCUT2D eigenvalue weighted by molar-refractivity contribution is 6.23. The summed E-state index contributed by atoms with van der Waals surface area (Å²) in [6.45, 7) is 0.755. The topological polar surface area (TPSA) is 126 Å². The van der Waals surface area contributed by atoms with Crippen molar-refractivity contribution in [3.05, 3.63) is 66.1 Å². The van der Waals surface area contributed by atoms with Crippen LogP contribution in [0.1, 0.15) is 65.3 Å². The molecule has 38 heavy (non-hydrogen) atoms. The number of nitrogens with one attached hydrogen (secondary N) is 2.